The van der Waals surface area contributed by atoms with Crippen LogP contribution in [0.3, 0.4) is 0 Å². The second kappa shape index (κ2) is 6.27. The standard InChI is InChI=1S/C14H22ClNO/c1-9(2)11(4)17-14-7-6-12(8-13(14)15)10(3)16-5/h6-11,16H,1-5H3. The second-order valence-corrected chi connectivity index (χ2v) is 5.17. The van der Waals surface area contributed by atoms with E-state index in [0.29, 0.717) is 17.0 Å². The van der Waals surface area contributed by atoms with E-state index in [0.717, 1.165) is 5.75 Å². The molecule has 17 heavy (non-hydrogen) atoms. The average Bonchev–Trinajstić information content (AvgIpc) is 2.30. The van der Waals surface area contributed by atoms with Crippen LogP contribution in [0.5, 0.6) is 5.75 Å². The number of halogens is 1. The lowest BCUT2D eigenvalue weighted by Gasteiger charge is -2.20. The molecule has 0 heterocycles. The molecule has 0 aromatic heterocycles. The van der Waals surface area contributed by atoms with Crippen molar-refractivity contribution >= 4 is 11.6 Å². The summed E-state index contributed by atoms with van der Waals surface area (Å²) in [5.74, 6) is 1.24. The Morgan fingerprint density at radius 3 is 2.29 bits per heavy atom. The van der Waals surface area contributed by atoms with Gasteiger partial charge in [-0.1, -0.05) is 31.5 Å². The Hall–Kier alpha value is -0.730. The molecule has 2 nitrogen and oxygen atoms in total. The predicted molar refractivity (Wildman–Crippen MR) is 73.9 cm³/mol. The first kappa shape index (κ1) is 14.3. The Balaban J connectivity index is 2.83. The molecule has 0 spiro atoms. The largest absolute Gasteiger partial charge is 0.489 e. The molecule has 3 heteroatoms. The monoisotopic (exact) mass is 255 g/mol. The summed E-state index contributed by atoms with van der Waals surface area (Å²) in [4.78, 5) is 0. The zero-order valence-electron chi connectivity index (χ0n) is 11.3. The van der Waals surface area contributed by atoms with E-state index in [1.165, 1.54) is 5.56 Å². The molecule has 0 bridgehead atoms. The molecule has 0 saturated carbocycles. The van der Waals surface area contributed by atoms with Crippen molar-refractivity contribution in [1.82, 2.24) is 5.32 Å². The van der Waals surface area contributed by atoms with E-state index in [-0.39, 0.29) is 6.10 Å². The van der Waals surface area contributed by atoms with Gasteiger partial charge in [0, 0.05) is 6.04 Å². The van der Waals surface area contributed by atoms with Gasteiger partial charge in [0.25, 0.3) is 0 Å². The third kappa shape index (κ3) is 3.90. The zero-order chi connectivity index (χ0) is 13.0. The molecule has 0 aliphatic rings. The Morgan fingerprint density at radius 2 is 1.82 bits per heavy atom. The van der Waals surface area contributed by atoms with Crippen LogP contribution in [0.2, 0.25) is 5.02 Å². The predicted octanol–water partition coefficient (Wildman–Crippen LogP) is 4.04. The summed E-state index contributed by atoms with van der Waals surface area (Å²) in [6.07, 6.45) is 0.167. The number of benzene rings is 1. The van der Waals surface area contributed by atoms with E-state index in [9.17, 15) is 0 Å². The van der Waals surface area contributed by atoms with Gasteiger partial charge in [-0.15, -0.1) is 0 Å². The van der Waals surface area contributed by atoms with Crippen LogP contribution in [0, 0.1) is 5.92 Å². The van der Waals surface area contributed by atoms with E-state index >= 15 is 0 Å². The molecule has 0 fully saturated rings. The first-order valence-corrected chi connectivity index (χ1v) is 6.46. The highest BCUT2D eigenvalue weighted by molar-refractivity contribution is 6.32. The topological polar surface area (TPSA) is 21.3 Å². The second-order valence-electron chi connectivity index (χ2n) is 4.77. The van der Waals surface area contributed by atoms with Gasteiger partial charge in [0.05, 0.1) is 11.1 Å². The lowest BCUT2D eigenvalue weighted by atomic mass is 10.1. The lowest BCUT2D eigenvalue weighted by Crippen LogP contribution is -2.19. The van der Waals surface area contributed by atoms with Crippen LogP contribution in [-0.2, 0) is 0 Å². The normalized spacial score (nSPS) is 14.8. The van der Waals surface area contributed by atoms with Crippen LogP contribution in [-0.4, -0.2) is 13.2 Å². The smallest absolute Gasteiger partial charge is 0.138 e. The molecule has 2 atom stereocenters. The molecule has 0 aliphatic carbocycles. The van der Waals surface area contributed by atoms with E-state index in [1.54, 1.807) is 0 Å². The Labute approximate surface area is 109 Å². The fourth-order valence-corrected chi connectivity index (χ4v) is 1.62. The SMILES string of the molecule is CNC(C)c1ccc(OC(C)C(C)C)c(Cl)c1. The van der Waals surface area contributed by atoms with Crippen molar-refractivity contribution in [3.05, 3.63) is 28.8 Å². The van der Waals surface area contributed by atoms with Crippen molar-refractivity contribution in [1.29, 1.82) is 0 Å². The van der Waals surface area contributed by atoms with Crippen LogP contribution in [0.1, 0.15) is 39.3 Å². The maximum Gasteiger partial charge on any atom is 0.138 e. The Morgan fingerprint density at radius 1 is 1.18 bits per heavy atom. The van der Waals surface area contributed by atoms with E-state index < -0.39 is 0 Å². The average molecular weight is 256 g/mol. The van der Waals surface area contributed by atoms with Crippen LogP contribution >= 0.6 is 11.6 Å². The van der Waals surface area contributed by atoms with Crippen LogP contribution in [0.4, 0.5) is 0 Å². The summed E-state index contributed by atoms with van der Waals surface area (Å²) in [6, 6.07) is 6.26. The molecule has 2 unspecified atom stereocenters. The minimum absolute atomic E-state index is 0.167. The highest BCUT2D eigenvalue weighted by Gasteiger charge is 2.12. The Kier molecular flexibility index (Phi) is 5.29. The minimum Gasteiger partial charge on any atom is -0.489 e. The summed E-state index contributed by atoms with van der Waals surface area (Å²) < 4.78 is 5.82. The van der Waals surface area contributed by atoms with Gasteiger partial charge in [0.15, 0.2) is 0 Å². The molecule has 0 aliphatic heterocycles. The molecule has 0 amide bonds. The van der Waals surface area contributed by atoms with Gasteiger partial charge in [-0.2, -0.15) is 0 Å². The van der Waals surface area contributed by atoms with Gasteiger partial charge < -0.3 is 10.1 Å². The van der Waals surface area contributed by atoms with Crippen molar-refractivity contribution in [3.8, 4) is 5.75 Å². The Bertz CT molecular complexity index is 365. The molecule has 1 N–H and O–H groups in total. The highest BCUT2D eigenvalue weighted by Crippen LogP contribution is 2.29. The van der Waals surface area contributed by atoms with Crippen molar-refractivity contribution in [3.63, 3.8) is 0 Å². The van der Waals surface area contributed by atoms with Crippen LogP contribution < -0.4 is 10.1 Å². The maximum absolute atomic E-state index is 6.23. The van der Waals surface area contributed by atoms with Crippen molar-refractivity contribution < 1.29 is 4.74 Å². The quantitative estimate of drug-likeness (QED) is 0.857. The van der Waals surface area contributed by atoms with Gasteiger partial charge in [-0.05, 0) is 44.5 Å². The molecule has 0 radical (unpaired) electrons. The zero-order valence-corrected chi connectivity index (χ0v) is 12.0. The van der Waals surface area contributed by atoms with Crippen molar-refractivity contribution in [2.75, 3.05) is 7.05 Å². The number of hydrogen-bond donors (Lipinski definition) is 1. The summed E-state index contributed by atoms with van der Waals surface area (Å²) in [6.45, 7) is 8.43. The summed E-state index contributed by atoms with van der Waals surface area (Å²) in [5, 5.41) is 3.87. The molecule has 1 rings (SSSR count). The van der Waals surface area contributed by atoms with Gasteiger partial charge in [0.1, 0.15) is 5.75 Å². The molecule has 1 aromatic rings. The van der Waals surface area contributed by atoms with Gasteiger partial charge in [0.2, 0.25) is 0 Å². The molecule has 1 aromatic carbocycles. The van der Waals surface area contributed by atoms with Crippen molar-refractivity contribution in [2.45, 2.75) is 39.8 Å². The van der Waals surface area contributed by atoms with E-state index in [2.05, 4.69) is 39.1 Å². The van der Waals surface area contributed by atoms with Gasteiger partial charge in [-0.3, -0.25) is 0 Å². The van der Waals surface area contributed by atoms with Gasteiger partial charge >= 0.3 is 0 Å². The first-order valence-electron chi connectivity index (χ1n) is 6.09. The molecule has 0 saturated heterocycles. The summed E-state index contributed by atoms with van der Waals surface area (Å²) in [5.41, 5.74) is 1.17. The van der Waals surface area contributed by atoms with E-state index in [4.69, 9.17) is 16.3 Å². The van der Waals surface area contributed by atoms with E-state index in [1.807, 2.05) is 19.2 Å². The van der Waals surface area contributed by atoms with Crippen molar-refractivity contribution in [2.24, 2.45) is 5.92 Å². The van der Waals surface area contributed by atoms with Gasteiger partial charge in [-0.25, -0.2) is 0 Å². The maximum atomic E-state index is 6.23. The molecule has 96 valence electrons. The van der Waals surface area contributed by atoms with Crippen LogP contribution in [0.15, 0.2) is 18.2 Å². The third-order valence-electron chi connectivity index (χ3n) is 3.14. The molecular weight excluding hydrogens is 234 g/mol. The summed E-state index contributed by atoms with van der Waals surface area (Å²) >= 11 is 6.23. The first-order chi connectivity index (χ1) is 7.95. The lowest BCUT2D eigenvalue weighted by molar-refractivity contribution is 0.170. The minimum atomic E-state index is 0.167. The fourth-order valence-electron chi connectivity index (χ4n) is 1.39. The van der Waals surface area contributed by atoms with Crippen LogP contribution in [0.25, 0.3) is 0 Å². The number of ether oxygens (including phenoxy) is 1. The molecular formula is C14H22ClNO. The fraction of sp³-hybridized carbons (Fsp3) is 0.571. The number of nitrogens with one attached hydrogen (secondary N) is 1. The summed E-state index contributed by atoms with van der Waals surface area (Å²) in [7, 11) is 1.93. The third-order valence-corrected chi connectivity index (χ3v) is 3.44. The number of hydrogen-bond acceptors (Lipinski definition) is 2. The number of rotatable bonds is 5. The highest BCUT2D eigenvalue weighted by atomic mass is 35.5.